The summed E-state index contributed by atoms with van der Waals surface area (Å²) < 4.78 is 30.6. The summed E-state index contributed by atoms with van der Waals surface area (Å²) in [5.41, 5.74) is 2.39. The second-order valence-electron chi connectivity index (χ2n) is 6.90. The van der Waals surface area contributed by atoms with Crippen molar-refractivity contribution in [3.63, 3.8) is 0 Å². The third kappa shape index (κ3) is 4.27. The van der Waals surface area contributed by atoms with E-state index in [2.05, 4.69) is 15.5 Å². The van der Waals surface area contributed by atoms with E-state index < -0.39 is 17.5 Å². The van der Waals surface area contributed by atoms with E-state index in [9.17, 15) is 13.6 Å². The highest BCUT2D eigenvalue weighted by Crippen LogP contribution is 2.25. The molecule has 0 spiro atoms. The van der Waals surface area contributed by atoms with E-state index in [1.54, 1.807) is 17.9 Å². The second-order valence-corrected chi connectivity index (χ2v) is 6.90. The lowest BCUT2D eigenvalue weighted by Gasteiger charge is -2.05. The number of nitrogens with one attached hydrogen (secondary N) is 1. The van der Waals surface area contributed by atoms with Crippen LogP contribution in [0.5, 0.6) is 0 Å². The summed E-state index contributed by atoms with van der Waals surface area (Å²) in [6, 6.07) is 13.1. The summed E-state index contributed by atoms with van der Waals surface area (Å²) in [4.78, 5) is 12.7. The van der Waals surface area contributed by atoms with Crippen molar-refractivity contribution >= 4 is 5.91 Å². The van der Waals surface area contributed by atoms with E-state index in [-0.39, 0.29) is 23.4 Å². The fourth-order valence-electron chi connectivity index (χ4n) is 3.17. The molecule has 0 bridgehead atoms. The van der Waals surface area contributed by atoms with Crippen LogP contribution >= 0.6 is 0 Å². The number of aromatic nitrogens is 4. The quantitative estimate of drug-likeness (QED) is 0.532. The van der Waals surface area contributed by atoms with Gasteiger partial charge in [-0.2, -0.15) is 10.2 Å². The molecule has 4 rings (SSSR count). The van der Waals surface area contributed by atoms with Crippen molar-refractivity contribution in [3.8, 4) is 11.3 Å². The molecule has 2 heterocycles. The van der Waals surface area contributed by atoms with Gasteiger partial charge < -0.3 is 5.32 Å². The molecule has 0 aliphatic heterocycles. The highest BCUT2D eigenvalue weighted by atomic mass is 19.1. The summed E-state index contributed by atoms with van der Waals surface area (Å²) in [6.45, 7) is 0.888. The molecule has 1 amide bonds. The molecule has 2 aromatic carbocycles. The van der Waals surface area contributed by atoms with Crippen LogP contribution in [-0.4, -0.2) is 25.5 Å². The smallest absolute Gasteiger partial charge is 0.255 e. The van der Waals surface area contributed by atoms with Crippen molar-refractivity contribution in [1.82, 2.24) is 24.9 Å². The van der Waals surface area contributed by atoms with Crippen molar-refractivity contribution in [3.05, 3.63) is 95.4 Å². The summed E-state index contributed by atoms with van der Waals surface area (Å²) >= 11 is 0. The minimum absolute atomic E-state index is 0.0674. The van der Waals surface area contributed by atoms with Crippen LogP contribution in [-0.2, 0) is 20.1 Å². The van der Waals surface area contributed by atoms with E-state index in [0.29, 0.717) is 6.54 Å². The Morgan fingerprint density at radius 3 is 2.63 bits per heavy atom. The van der Waals surface area contributed by atoms with Gasteiger partial charge in [0.2, 0.25) is 0 Å². The lowest BCUT2D eigenvalue weighted by atomic mass is 10.1. The van der Waals surface area contributed by atoms with Crippen molar-refractivity contribution in [2.24, 2.45) is 7.05 Å². The number of hydrogen-bond acceptors (Lipinski definition) is 3. The number of hydrogen-bond donors (Lipinski definition) is 1. The van der Waals surface area contributed by atoms with Gasteiger partial charge in [-0.25, -0.2) is 8.78 Å². The highest BCUT2D eigenvalue weighted by molar-refractivity contribution is 5.99. The van der Waals surface area contributed by atoms with Crippen LogP contribution in [0.25, 0.3) is 11.3 Å². The van der Waals surface area contributed by atoms with E-state index in [0.717, 1.165) is 23.3 Å². The van der Waals surface area contributed by atoms with Crippen LogP contribution in [0.2, 0.25) is 0 Å². The average Bonchev–Trinajstić information content (AvgIpc) is 3.33. The maximum Gasteiger partial charge on any atom is 0.255 e. The third-order valence-corrected chi connectivity index (χ3v) is 4.59. The largest absolute Gasteiger partial charge is 0.348 e. The Morgan fingerprint density at radius 2 is 1.87 bits per heavy atom. The molecule has 8 heteroatoms. The van der Waals surface area contributed by atoms with Gasteiger partial charge in [0.25, 0.3) is 5.91 Å². The van der Waals surface area contributed by atoms with Crippen molar-refractivity contribution < 1.29 is 13.6 Å². The molecule has 0 aliphatic rings. The summed E-state index contributed by atoms with van der Waals surface area (Å²) in [7, 11) is 1.63. The average molecular weight is 407 g/mol. The first-order chi connectivity index (χ1) is 14.5. The molecular formula is C22H19F2N5O. The number of carbonyl (C=O) groups excluding carboxylic acids is 1. The van der Waals surface area contributed by atoms with Gasteiger partial charge in [0.1, 0.15) is 17.3 Å². The number of halogens is 2. The Labute approximate surface area is 171 Å². The third-order valence-electron chi connectivity index (χ3n) is 4.59. The molecule has 152 valence electrons. The van der Waals surface area contributed by atoms with Crippen LogP contribution in [0.3, 0.4) is 0 Å². The van der Waals surface area contributed by atoms with Gasteiger partial charge in [-0.1, -0.05) is 30.3 Å². The minimum atomic E-state index is -0.773. The number of aryl methyl sites for hydroxylation is 1. The number of amides is 1. The van der Waals surface area contributed by atoms with E-state index in [4.69, 9.17) is 0 Å². The van der Waals surface area contributed by atoms with Crippen molar-refractivity contribution in [2.75, 3.05) is 0 Å². The molecule has 0 saturated carbocycles. The minimum Gasteiger partial charge on any atom is -0.348 e. The van der Waals surface area contributed by atoms with Gasteiger partial charge >= 0.3 is 0 Å². The summed E-state index contributed by atoms with van der Waals surface area (Å²) in [5.74, 6) is -1.87. The Balaban J connectivity index is 1.46. The SMILES string of the molecule is Cn1cc(C(=O)NCc2cnn(Cc3ccccc3)c2)c(-c2ccc(F)cc2F)n1. The predicted molar refractivity (Wildman–Crippen MR) is 108 cm³/mol. The molecule has 0 atom stereocenters. The lowest BCUT2D eigenvalue weighted by Crippen LogP contribution is -2.23. The topological polar surface area (TPSA) is 64.7 Å². The molecule has 30 heavy (non-hydrogen) atoms. The van der Waals surface area contributed by atoms with Crippen LogP contribution in [0.15, 0.2) is 67.1 Å². The standard InChI is InChI=1S/C22H19F2N5O/c1-28-14-19(21(27-28)18-8-7-17(23)9-20(18)24)22(30)25-10-16-11-26-29(13-16)12-15-5-3-2-4-6-15/h2-9,11,13-14H,10,12H2,1H3,(H,25,30). The van der Waals surface area contributed by atoms with Crippen LogP contribution < -0.4 is 5.32 Å². The molecule has 1 N–H and O–H groups in total. The number of rotatable bonds is 6. The lowest BCUT2D eigenvalue weighted by molar-refractivity contribution is 0.0951. The predicted octanol–water partition coefficient (Wildman–Crippen LogP) is 3.54. The Bertz CT molecular complexity index is 1180. The fraction of sp³-hybridized carbons (Fsp3) is 0.136. The van der Waals surface area contributed by atoms with Gasteiger partial charge in [0.05, 0.1) is 18.3 Å². The van der Waals surface area contributed by atoms with Gasteiger partial charge in [-0.3, -0.25) is 14.2 Å². The maximum absolute atomic E-state index is 14.2. The van der Waals surface area contributed by atoms with Crippen molar-refractivity contribution in [2.45, 2.75) is 13.1 Å². The van der Waals surface area contributed by atoms with Gasteiger partial charge in [0, 0.05) is 43.2 Å². The first kappa shape index (κ1) is 19.5. The normalized spacial score (nSPS) is 10.9. The Hall–Kier alpha value is -3.81. The van der Waals surface area contributed by atoms with Gasteiger partial charge in [-0.05, 0) is 17.7 Å². The molecule has 0 aliphatic carbocycles. The number of nitrogens with zero attached hydrogens (tertiary/aromatic N) is 4. The van der Waals surface area contributed by atoms with Crippen LogP contribution in [0.4, 0.5) is 8.78 Å². The fourth-order valence-corrected chi connectivity index (χ4v) is 3.17. The van der Waals surface area contributed by atoms with E-state index in [1.165, 1.54) is 16.9 Å². The molecule has 0 unspecified atom stereocenters. The zero-order valence-electron chi connectivity index (χ0n) is 16.2. The first-order valence-electron chi connectivity index (χ1n) is 9.32. The zero-order valence-corrected chi connectivity index (χ0v) is 16.2. The summed E-state index contributed by atoms with van der Waals surface area (Å²) in [6.07, 6.45) is 5.05. The maximum atomic E-state index is 14.2. The zero-order chi connectivity index (χ0) is 21.1. The number of benzene rings is 2. The summed E-state index contributed by atoms with van der Waals surface area (Å²) in [5, 5.41) is 11.3. The molecule has 6 nitrogen and oxygen atoms in total. The van der Waals surface area contributed by atoms with Crippen LogP contribution in [0.1, 0.15) is 21.5 Å². The van der Waals surface area contributed by atoms with Crippen LogP contribution in [0, 0.1) is 11.6 Å². The van der Waals surface area contributed by atoms with Gasteiger partial charge in [-0.15, -0.1) is 0 Å². The molecular weight excluding hydrogens is 388 g/mol. The highest BCUT2D eigenvalue weighted by Gasteiger charge is 2.20. The monoisotopic (exact) mass is 407 g/mol. The van der Waals surface area contributed by atoms with Gasteiger partial charge in [0.15, 0.2) is 0 Å². The van der Waals surface area contributed by atoms with E-state index >= 15 is 0 Å². The second kappa shape index (κ2) is 8.28. The van der Waals surface area contributed by atoms with E-state index in [1.807, 2.05) is 36.5 Å². The molecule has 0 saturated heterocycles. The Morgan fingerprint density at radius 1 is 1.07 bits per heavy atom. The van der Waals surface area contributed by atoms with Crippen molar-refractivity contribution in [1.29, 1.82) is 0 Å². The first-order valence-corrected chi connectivity index (χ1v) is 9.32. The number of carbonyl (C=O) groups is 1. The molecule has 0 radical (unpaired) electrons. The Kier molecular flexibility index (Phi) is 5.38. The molecule has 2 aromatic heterocycles. The molecule has 4 aromatic rings. The molecule has 0 fully saturated rings.